The van der Waals surface area contributed by atoms with Crippen molar-refractivity contribution in [2.75, 3.05) is 9.80 Å². The minimum atomic E-state index is 1.12. The van der Waals surface area contributed by atoms with Gasteiger partial charge in [-0.25, -0.2) is 0 Å². The van der Waals surface area contributed by atoms with Crippen LogP contribution in [0.1, 0.15) is 0 Å². The molecule has 2 heteroatoms. The van der Waals surface area contributed by atoms with Gasteiger partial charge in [0.15, 0.2) is 0 Å². The number of rotatable bonds is 8. The first-order valence-electron chi connectivity index (χ1n) is 16.4. The van der Waals surface area contributed by atoms with Crippen LogP contribution in [-0.2, 0) is 0 Å². The van der Waals surface area contributed by atoms with Crippen molar-refractivity contribution >= 4 is 44.9 Å². The maximum Gasteiger partial charge on any atom is 0.0462 e. The van der Waals surface area contributed by atoms with Crippen LogP contribution in [0.15, 0.2) is 206 Å². The number of hydrogen-bond donors (Lipinski definition) is 0. The van der Waals surface area contributed by atoms with E-state index in [9.17, 15) is 0 Å². The van der Waals surface area contributed by atoms with Gasteiger partial charge in [-0.3, -0.25) is 0 Å². The number of nitrogens with zero attached hydrogens (tertiary/aromatic N) is 2. The Hall–Kier alpha value is -6.38. The van der Waals surface area contributed by atoms with Gasteiger partial charge >= 0.3 is 0 Å². The van der Waals surface area contributed by atoms with E-state index in [2.05, 4.69) is 216 Å². The molecule has 228 valence electrons. The smallest absolute Gasteiger partial charge is 0.0462 e. The van der Waals surface area contributed by atoms with Crippen molar-refractivity contribution in [3.05, 3.63) is 206 Å². The molecule has 0 fully saturated rings. The lowest BCUT2D eigenvalue weighted by Gasteiger charge is -2.26. The maximum absolute atomic E-state index is 2.30. The van der Waals surface area contributed by atoms with E-state index in [1.807, 2.05) is 0 Å². The van der Waals surface area contributed by atoms with Crippen LogP contribution in [0.25, 0.3) is 33.0 Å². The normalized spacial score (nSPS) is 10.9. The first-order chi connectivity index (χ1) is 23.8. The van der Waals surface area contributed by atoms with Gasteiger partial charge in [-0.2, -0.15) is 0 Å². The lowest BCUT2D eigenvalue weighted by atomic mass is 9.89. The van der Waals surface area contributed by atoms with Crippen LogP contribution in [0.4, 0.5) is 34.1 Å². The summed E-state index contributed by atoms with van der Waals surface area (Å²) in [5.74, 6) is 0. The molecule has 0 heterocycles. The van der Waals surface area contributed by atoms with Gasteiger partial charge in [-0.15, -0.1) is 0 Å². The molecular formula is C46H34N2. The van der Waals surface area contributed by atoms with E-state index in [0.29, 0.717) is 0 Å². The van der Waals surface area contributed by atoms with Gasteiger partial charge in [0.25, 0.3) is 0 Å². The molecule has 0 atom stereocenters. The van der Waals surface area contributed by atoms with Crippen LogP contribution in [0.5, 0.6) is 0 Å². The Morgan fingerprint density at radius 2 is 0.604 bits per heavy atom. The fourth-order valence-corrected chi connectivity index (χ4v) is 6.59. The second-order valence-electron chi connectivity index (χ2n) is 11.8. The summed E-state index contributed by atoms with van der Waals surface area (Å²) in [6.07, 6.45) is 0. The van der Waals surface area contributed by atoms with Crippen molar-refractivity contribution in [2.45, 2.75) is 0 Å². The Morgan fingerprint density at radius 1 is 0.250 bits per heavy atom. The molecule has 8 aromatic rings. The second kappa shape index (κ2) is 13.2. The molecule has 0 unspecified atom stereocenters. The number of fused-ring (bicyclic) bond motifs is 1. The molecule has 0 N–H and O–H groups in total. The van der Waals surface area contributed by atoms with Crippen molar-refractivity contribution in [1.29, 1.82) is 0 Å². The Morgan fingerprint density at radius 3 is 1.04 bits per heavy atom. The van der Waals surface area contributed by atoms with Gasteiger partial charge in [-0.05, 0) is 106 Å². The first kappa shape index (κ1) is 29.1. The monoisotopic (exact) mass is 614 g/mol. The summed E-state index contributed by atoms with van der Waals surface area (Å²) in [6, 6.07) is 73.4. The van der Waals surface area contributed by atoms with Gasteiger partial charge in [-0.1, -0.05) is 133 Å². The zero-order chi connectivity index (χ0) is 32.1. The first-order valence-corrected chi connectivity index (χ1v) is 16.4. The SMILES string of the molecule is c1ccc(N(c2ccccc2)c2ccc(-c3ccc4ccccc4c3-c3ccc(N(c4ccccc4)c4ccccc4)cc3)cc2)cc1. The predicted molar refractivity (Wildman–Crippen MR) is 204 cm³/mol. The van der Waals surface area contributed by atoms with Gasteiger partial charge in [0.05, 0.1) is 0 Å². The molecular weight excluding hydrogens is 581 g/mol. The summed E-state index contributed by atoms with van der Waals surface area (Å²) in [7, 11) is 0. The Bertz CT molecular complexity index is 2170. The van der Waals surface area contributed by atoms with E-state index in [4.69, 9.17) is 0 Å². The predicted octanol–water partition coefficient (Wildman–Crippen LogP) is 13.1. The second-order valence-corrected chi connectivity index (χ2v) is 11.8. The molecule has 0 bridgehead atoms. The zero-order valence-corrected chi connectivity index (χ0v) is 26.5. The average Bonchev–Trinajstić information content (AvgIpc) is 3.17. The van der Waals surface area contributed by atoms with Crippen LogP contribution in [0, 0.1) is 0 Å². The van der Waals surface area contributed by atoms with Gasteiger partial charge in [0, 0.05) is 34.1 Å². The van der Waals surface area contributed by atoms with Crippen molar-refractivity contribution in [3.8, 4) is 22.3 Å². The average molecular weight is 615 g/mol. The summed E-state index contributed by atoms with van der Waals surface area (Å²) in [6.45, 7) is 0. The summed E-state index contributed by atoms with van der Waals surface area (Å²) in [5, 5.41) is 2.47. The highest BCUT2D eigenvalue weighted by atomic mass is 15.1. The molecule has 0 spiro atoms. The molecule has 0 amide bonds. The van der Waals surface area contributed by atoms with E-state index in [1.165, 1.54) is 33.0 Å². The number of para-hydroxylation sites is 4. The minimum Gasteiger partial charge on any atom is -0.311 e. The van der Waals surface area contributed by atoms with Crippen LogP contribution in [0.2, 0.25) is 0 Å². The van der Waals surface area contributed by atoms with Crippen molar-refractivity contribution in [3.63, 3.8) is 0 Å². The molecule has 8 rings (SSSR count). The summed E-state index contributed by atoms with van der Waals surface area (Å²) < 4.78 is 0. The third-order valence-corrected chi connectivity index (χ3v) is 8.84. The van der Waals surface area contributed by atoms with Gasteiger partial charge in [0.1, 0.15) is 0 Å². The molecule has 0 saturated carbocycles. The fourth-order valence-electron chi connectivity index (χ4n) is 6.59. The van der Waals surface area contributed by atoms with Crippen molar-refractivity contribution in [1.82, 2.24) is 0 Å². The van der Waals surface area contributed by atoms with Crippen molar-refractivity contribution < 1.29 is 0 Å². The molecule has 0 aliphatic heterocycles. The molecule has 0 aliphatic rings. The third-order valence-electron chi connectivity index (χ3n) is 8.84. The van der Waals surface area contributed by atoms with E-state index in [-0.39, 0.29) is 0 Å². The quantitative estimate of drug-likeness (QED) is 0.168. The van der Waals surface area contributed by atoms with Crippen LogP contribution in [0.3, 0.4) is 0 Å². The summed E-state index contributed by atoms with van der Waals surface area (Å²) in [5.41, 5.74) is 11.6. The fraction of sp³-hybridized carbons (Fsp3) is 0. The largest absolute Gasteiger partial charge is 0.311 e. The van der Waals surface area contributed by atoms with Crippen molar-refractivity contribution in [2.24, 2.45) is 0 Å². The highest BCUT2D eigenvalue weighted by Gasteiger charge is 2.17. The number of benzene rings is 8. The molecule has 2 nitrogen and oxygen atoms in total. The summed E-state index contributed by atoms with van der Waals surface area (Å²) in [4.78, 5) is 4.60. The van der Waals surface area contributed by atoms with Gasteiger partial charge < -0.3 is 9.80 Å². The Kier molecular flexibility index (Phi) is 7.96. The standard InChI is InChI=1S/C46H34N2/c1-5-16-38(17-6-1)47(39-18-7-2-8-19-39)42-30-25-36(26-31-42)45-34-29-35-15-13-14-24-44(35)46(45)37-27-32-43(33-28-37)48(40-20-9-3-10-21-40)41-22-11-4-12-23-41/h1-34H. The zero-order valence-electron chi connectivity index (χ0n) is 26.5. The van der Waals surface area contributed by atoms with E-state index in [1.54, 1.807) is 0 Å². The third kappa shape index (κ3) is 5.72. The molecule has 8 aromatic carbocycles. The lowest BCUT2D eigenvalue weighted by Crippen LogP contribution is -2.09. The van der Waals surface area contributed by atoms with Crippen LogP contribution in [-0.4, -0.2) is 0 Å². The molecule has 0 aromatic heterocycles. The maximum atomic E-state index is 2.30. The topological polar surface area (TPSA) is 6.48 Å². The molecule has 0 aliphatic carbocycles. The number of hydrogen-bond acceptors (Lipinski definition) is 2. The minimum absolute atomic E-state index is 1.12. The van der Waals surface area contributed by atoms with E-state index >= 15 is 0 Å². The number of anilines is 6. The van der Waals surface area contributed by atoms with Crippen LogP contribution < -0.4 is 9.80 Å². The molecule has 48 heavy (non-hydrogen) atoms. The van der Waals surface area contributed by atoms with Crippen LogP contribution >= 0.6 is 0 Å². The van der Waals surface area contributed by atoms with E-state index in [0.717, 1.165) is 34.1 Å². The lowest BCUT2D eigenvalue weighted by molar-refractivity contribution is 1.28. The highest BCUT2D eigenvalue weighted by molar-refractivity contribution is 6.04. The van der Waals surface area contributed by atoms with E-state index < -0.39 is 0 Å². The summed E-state index contributed by atoms with van der Waals surface area (Å²) >= 11 is 0. The molecule has 0 saturated heterocycles. The van der Waals surface area contributed by atoms with Gasteiger partial charge in [0.2, 0.25) is 0 Å². The highest BCUT2D eigenvalue weighted by Crippen LogP contribution is 2.42. The Labute approximate surface area is 282 Å². The molecule has 0 radical (unpaired) electrons. The Balaban J connectivity index is 1.21.